The summed E-state index contributed by atoms with van der Waals surface area (Å²) < 4.78 is 20.3. The van der Waals surface area contributed by atoms with Gasteiger partial charge in [-0.25, -0.2) is 9.18 Å². The van der Waals surface area contributed by atoms with Gasteiger partial charge in [0.25, 0.3) is 0 Å². The van der Waals surface area contributed by atoms with Crippen LogP contribution in [0, 0.1) is 24.1 Å². The van der Waals surface area contributed by atoms with E-state index in [1.807, 2.05) is 13.8 Å². The van der Waals surface area contributed by atoms with Crippen LogP contribution in [0.3, 0.4) is 0 Å². The summed E-state index contributed by atoms with van der Waals surface area (Å²) in [7, 11) is 0. The summed E-state index contributed by atoms with van der Waals surface area (Å²) in [5, 5.41) is 23.1. The average Bonchev–Trinajstić information content (AvgIpc) is 2.78. The Balaban J connectivity index is 1.89. The molecule has 33 heavy (non-hydrogen) atoms. The number of anilines is 1. The highest BCUT2D eigenvalue weighted by atomic mass is 19.1. The largest absolute Gasteiger partial charge is 0.478 e. The molecule has 2 N–H and O–H groups in total. The zero-order valence-corrected chi connectivity index (χ0v) is 18.9. The number of carboxylic acids is 1. The normalized spacial score (nSPS) is 16.2. The van der Waals surface area contributed by atoms with Crippen molar-refractivity contribution in [3.63, 3.8) is 0 Å². The van der Waals surface area contributed by atoms with Gasteiger partial charge >= 0.3 is 5.97 Å². The van der Waals surface area contributed by atoms with Crippen LogP contribution in [0.25, 0.3) is 10.9 Å². The first-order valence-electron chi connectivity index (χ1n) is 11.0. The number of nitriles is 1. The number of para-hydroxylation sites is 1. The summed E-state index contributed by atoms with van der Waals surface area (Å²) in [6.45, 7) is 7.08. The minimum absolute atomic E-state index is 0.127. The third-order valence-electron chi connectivity index (χ3n) is 6.60. The van der Waals surface area contributed by atoms with Gasteiger partial charge in [-0.1, -0.05) is 19.1 Å². The number of nitrogens with one attached hydrogen (secondary N) is 1. The second-order valence-electron chi connectivity index (χ2n) is 8.85. The zero-order chi connectivity index (χ0) is 23.8. The molecule has 0 saturated carbocycles. The Morgan fingerprint density at radius 2 is 2.00 bits per heavy atom. The first-order chi connectivity index (χ1) is 15.7. The third-order valence-corrected chi connectivity index (χ3v) is 6.60. The number of aromatic carboxylic acids is 1. The number of benzene rings is 2. The van der Waals surface area contributed by atoms with Crippen molar-refractivity contribution in [1.29, 1.82) is 5.26 Å². The van der Waals surface area contributed by atoms with Gasteiger partial charge < -0.3 is 15.2 Å². The summed E-state index contributed by atoms with van der Waals surface area (Å²) in [5.74, 6) is -1.52. The van der Waals surface area contributed by atoms with Crippen LogP contribution >= 0.6 is 0 Å². The van der Waals surface area contributed by atoms with Gasteiger partial charge in [-0.15, -0.1) is 0 Å². The number of carbonyl (C=O) groups is 1. The molecule has 1 saturated heterocycles. The second kappa shape index (κ2) is 8.80. The average molecular weight is 448 g/mol. The monoisotopic (exact) mass is 447 g/mol. The van der Waals surface area contributed by atoms with Crippen molar-refractivity contribution in [1.82, 2.24) is 4.98 Å². The van der Waals surface area contributed by atoms with Gasteiger partial charge in [-0.3, -0.25) is 4.98 Å². The van der Waals surface area contributed by atoms with E-state index in [0.29, 0.717) is 40.9 Å². The molecule has 6 nitrogen and oxygen atoms in total. The number of nitrogens with zero attached hydrogens (tertiary/aromatic N) is 2. The van der Waals surface area contributed by atoms with Crippen molar-refractivity contribution in [2.75, 3.05) is 18.5 Å². The van der Waals surface area contributed by atoms with Crippen molar-refractivity contribution >= 4 is 22.6 Å². The van der Waals surface area contributed by atoms with E-state index < -0.39 is 17.8 Å². The smallest absolute Gasteiger partial charge is 0.337 e. The Morgan fingerprint density at radius 1 is 1.30 bits per heavy atom. The minimum atomic E-state index is -1.05. The second-order valence-corrected chi connectivity index (χ2v) is 8.85. The molecule has 4 rings (SSSR count). The lowest BCUT2D eigenvalue weighted by molar-refractivity contribution is 0.0549. The van der Waals surface area contributed by atoms with E-state index in [2.05, 4.69) is 18.3 Å². The number of pyridine rings is 1. The van der Waals surface area contributed by atoms with Gasteiger partial charge in [-0.05, 0) is 56.5 Å². The Morgan fingerprint density at radius 3 is 2.67 bits per heavy atom. The lowest BCUT2D eigenvalue weighted by atomic mass is 9.76. The first-order valence-corrected chi connectivity index (χ1v) is 11.0. The molecule has 0 radical (unpaired) electrons. The number of fused-ring (bicyclic) bond motifs is 1. The van der Waals surface area contributed by atoms with E-state index in [0.717, 1.165) is 24.1 Å². The van der Waals surface area contributed by atoms with Gasteiger partial charge in [0, 0.05) is 35.3 Å². The van der Waals surface area contributed by atoms with Crippen molar-refractivity contribution in [2.24, 2.45) is 0 Å². The Labute approximate surface area is 192 Å². The molecule has 1 aliphatic heterocycles. The number of hydrogen-bond acceptors (Lipinski definition) is 5. The lowest BCUT2D eigenvalue weighted by Gasteiger charge is -2.35. The Bertz CT molecular complexity index is 1280. The fourth-order valence-corrected chi connectivity index (χ4v) is 4.68. The van der Waals surface area contributed by atoms with Gasteiger partial charge in [0.15, 0.2) is 0 Å². The standard InChI is InChI=1S/C26H26FN3O3/c1-15-21(14-28)20-13-17(27)12-19(16(2)29-22-7-5-4-6-18(22)25(31)32)23(20)30-24(15)26(3)8-10-33-11-9-26/h4-7,12-13,16,29H,8-11H2,1-3H3,(H,31,32)/t16-/m0/s1. The first kappa shape index (κ1) is 22.7. The van der Waals surface area contributed by atoms with E-state index in [4.69, 9.17) is 9.72 Å². The lowest BCUT2D eigenvalue weighted by Crippen LogP contribution is -2.32. The van der Waals surface area contributed by atoms with Gasteiger partial charge in [0.2, 0.25) is 0 Å². The van der Waals surface area contributed by atoms with E-state index in [-0.39, 0.29) is 11.0 Å². The minimum Gasteiger partial charge on any atom is -0.478 e. The maximum Gasteiger partial charge on any atom is 0.337 e. The van der Waals surface area contributed by atoms with Gasteiger partial charge in [0.1, 0.15) is 11.9 Å². The Kier molecular flexibility index (Phi) is 6.05. The maximum atomic E-state index is 14.7. The zero-order valence-electron chi connectivity index (χ0n) is 18.9. The third kappa shape index (κ3) is 4.14. The van der Waals surface area contributed by atoms with E-state index in [1.165, 1.54) is 18.2 Å². The van der Waals surface area contributed by atoms with Crippen LogP contribution in [-0.2, 0) is 10.2 Å². The van der Waals surface area contributed by atoms with Gasteiger partial charge in [-0.2, -0.15) is 5.26 Å². The van der Waals surface area contributed by atoms with E-state index in [9.17, 15) is 19.6 Å². The predicted octanol–water partition coefficient (Wildman–Crippen LogP) is 5.49. The Hall–Kier alpha value is -3.50. The van der Waals surface area contributed by atoms with E-state index >= 15 is 0 Å². The molecule has 0 bridgehead atoms. The molecule has 0 amide bonds. The van der Waals surface area contributed by atoms with Crippen LogP contribution in [0.4, 0.5) is 10.1 Å². The number of aromatic nitrogens is 1. The van der Waals surface area contributed by atoms with Crippen LogP contribution in [0.5, 0.6) is 0 Å². The molecule has 3 aromatic rings. The number of rotatable bonds is 5. The molecule has 1 fully saturated rings. The van der Waals surface area contributed by atoms with Crippen LogP contribution < -0.4 is 5.32 Å². The summed E-state index contributed by atoms with van der Waals surface area (Å²) >= 11 is 0. The summed E-state index contributed by atoms with van der Waals surface area (Å²) in [5.41, 5.74) is 3.44. The fraction of sp³-hybridized carbons (Fsp3) is 0.346. The highest BCUT2D eigenvalue weighted by Crippen LogP contribution is 2.39. The molecule has 2 aromatic carbocycles. The summed E-state index contributed by atoms with van der Waals surface area (Å²) in [6.07, 6.45) is 1.57. The molecule has 0 aliphatic carbocycles. The fourth-order valence-electron chi connectivity index (χ4n) is 4.68. The van der Waals surface area contributed by atoms with Crippen molar-refractivity contribution in [3.8, 4) is 6.07 Å². The SMILES string of the molecule is Cc1c(C2(C)CCOCC2)nc2c([C@H](C)Nc3ccccc3C(=O)O)cc(F)cc2c1C#N. The van der Waals surface area contributed by atoms with Crippen LogP contribution in [0.2, 0.25) is 0 Å². The molecule has 1 aliphatic rings. The number of halogens is 1. The molecular formula is C26H26FN3O3. The molecule has 170 valence electrons. The van der Waals surface area contributed by atoms with Crippen molar-refractivity contribution in [2.45, 2.75) is 45.1 Å². The molecule has 0 unspecified atom stereocenters. The van der Waals surface area contributed by atoms with Crippen LogP contribution in [0.15, 0.2) is 36.4 Å². The summed E-state index contributed by atoms with van der Waals surface area (Å²) in [6, 6.07) is 11.2. The topological polar surface area (TPSA) is 95.2 Å². The predicted molar refractivity (Wildman–Crippen MR) is 124 cm³/mol. The molecule has 0 spiro atoms. The van der Waals surface area contributed by atoms with Gasteiger partial charge in [0.05, 0.1) is 28.4 Å². The number of carboxylic acid groups (broad SMARTS) is 1. The highest BCUT2D eigenvalue weighted by molar-refractivity contribution is 5.94. The number of ether oxygens (including phenoxy) is 1. The summed E-state index contributed by atoms with van der Waals surface area (Å²) in [4.78, 5) is 16.6. The quantitative estimate of drug-likeness (QED) is 0.537. The molecule has 1 atom stereocenters. The van der Waals surface area contributed by atoms with Crippen LogP contribution in [-0.4, -0.2) is 29.3 Å². The van der Waals surface area contributed by atoms with Crippen molar-refractivity contribution < 1.29 is 19.0 Å². The molecule has 1 aromatic heterocycles. The maximum absolute atomic E-state index is 14.7. The van der Waals surface area contributed by atoms with Crippen molar-refractivity contribution in [3.05, 3.63) is 70.2 Å². The number of hydrogen-bond donors (Lipinski definition) is 2. The highest BCUT2D eigenvalue weighted by Gasteiger charge is 2.34. The van der Waals surface area contributed by atoms with E-state index in [1.54, 1.807) is 18.2 Å². The molecular weight excluding hydrogens is 421 g/mol. The van der Waals surface area contributed by atoms with Crippen LogP contribution in [0.1, 0.15) is 65.5 Å². The molecule has 7 heteroatoms. The molecule has 2 heterocycles.